The average molecular weight is 390 g/mol. The Hall–Kier alpha value is -2.40. The Balaban J connectivity index is 1.81. The molecule has 1 amide bonds. The lowest BCUT2D eigenvalue weighted by Crippen LogP contribution is -2.31. The summed E-state index contributed by atoms with van der Waals surface area (Å²) in [7, 11) is 4.70. The van der Waals surface area contributed by atoms with Crippen molar-refractivity contribution in [1.29, 1.82) is 0 Å². The van der Waals surface area contributed by atoms with Gasteiger partial charge in [0.2, 0.25) is 11.7 Å². The molecule has 1 aliphatic rings. The number of benzene rings is 2. The second-order valence-electron chi connectivity index (χ2n) is 6.51. The van der Waals surface area contributed by atoms with Gasteiger partial charge in [-0.2, -0.15) is 0 Å². The van der Waals surface area contributed by atoms with Crippen LogP contribution in [0.15, 0.2) is 36.4 Å². The van der Waals surface area contributed by atoms with Crippen molar-refractivity contribution in [2.75, 3.05) is 27.9 Å². The highest BCUT2D eigenvalue weighted by Crippen LogP contribution is 2.39. The molecule has 0 unspecified atom stereocenters. The van der Waals surface area contributed by atoms with E-state index in [1.54, 1.807) is 21.3 Å². The maximum absolute atomic E-state index is 13.0. The van der Waals surface area contributed by atoms with Crippen LogP contribution in [0, 0.1) is 0 Å². The van der Waals surface area contributed by atoms with E-state index in [1.165, 1.54) is 0 Å². The smallest absolute Gasteiger partial charge is 0.227 e. The molecule has 0 aromatic heterocycles. The lowest BCUT2D eigenvalue weighted by Gasteiger charge is -2.25. The minimum atomic E-state index is 0.0849. The minimum Gasteiger partial charge on any atom is -0.493 e. The van der Waals surface area contributed by atoms with Gasteiger partial charge in [-0.05, 0) is 48.2 Å². The second-order valence-corrected chi connectivity index (χ2v) is 6.94. The zero-order chi connectivity index (χ0) is 19.4. The average Bonchev–Trinajstić information content (AvgIpc) is 3.17. The van der Waals surface area contributed by atoms with Gasteiger partial charge in [0, 0.05) is 11.6 Å². The molecule has 1 aliphatic heterocycles. The first-order chi connectivity index (χ1) is 13.1. The molecular formula is C21H24ClNO4. The van der Waals surface area contributed by atoms with Crippen LogP contribution in [0.4, 0.5) is 0 Å². The van der Waals surface area contributed by atoms with Crippen LogP contribution in [0.25, 0.3) is 0 Å². The molecule has 1 saturated heterocycles. The Kier molecular flexibility index (Phi) is 6.11. The molecule has 0 radical (unpaired) electrons. The molecule has 0 aliphatic carbocycles. The van der Waals surface area contributed by atoms with Gasteiger partial charge in [0.1, 0.15) is 0 Å². The number of ether oxygens (including phenoxy) is 3. The van der Waals surface area contributed by atoms with Gasteiger partial charge in [-0.3, -0.25) is 4.79 Å². The first-order valence-electron chi connectivity index (χ1n) is 8.91. The summed E-state index contributed by atoms with van der Waals surface area (Å²) in [6.07, 6.45) is 2.23. The molecule has 3 rings (SSSR count). The van der Waals surface area contributed by atoms with Gasteiger partial charge in [-0.15, -0.1) is 0 Å². The number of hydrogen-bond donors (Lipinski definition) is 0. The van der Waals surface area contributed by atoms with Crippen molar-refractivity contribution in [2.45, 2.75) is 25.3 Å². The van der Waals surface area contributed by atoms with Gasteiger partial charge >= 0.3 is 0 Å². The zero-order valence-corrected chi connectivity index (χ0v) is 16.6. The SMILES string of the molecule is COc1cc(CC(=O)N2CCC[C@@H]2c2ccc(Cl)cc2)cc(OC)c1OC. The van der Waals surface area contributed by atoms with Crippen LogP contribution in [-0.2, 0) is 11.2 Å². The van der Waals surface area contributed by atoms with E-state index in [-0.39, 0.29) is 18.4 Å². The highest BCUT2D eigenvalue weighted by molar-refractivity contribution is 6.30. The summed E-state index contributed by atoms with van der Waals surface area (Å²) in [5.74, 6) is 1.71. The van der Waals surface area contributed by atoms with Crippen LogP contribution in [-0.4, -0.2) is 38.7 Å². The first-order valence-corrected chi connectivity index (χ1v) is 9.29. The van der Waals surface area contributed by atoms with Crippen molar-refractivity contribution in [3.63, 3.8) is 0 Å². The van der Waals surface area contributed by atoms with Gasteiger partial charge in [-0.25, -0.2) is 0 Å². The lowest BCUT2D eigenvalue weighted by atomic mass is 10.0. The fourth-order valence-corrected chi connectivity index (χ4v) is 3.74. The summed E-state index contributed by atoms with van der Waals surface area (Å²) in [6.45, 7) is 0.760. The number of nitrogens with zero attached hydrogens (tertiary/aromatic N) is 1. The molecule has 27 heavy (non-hydrogen) atoms. The summed E-state index contributed by atoms with van der Waals surface area (Å²) in [6, 6.07) is 11.5. The Bertz CT molecular complexity index is 781. The monoisotopic (exact) mass is 389 g/mol. The van der Waals surface area contributed by atoms with E-state index in [0.717, 1.165) is 30.5 Å². The third kappa shape index (κ3) is 4.14. The fourth-order valence-electron chi connectivity index (χ4n) is 3.61. The standard InChI is InChI=1S/C21H24ClNO4/c1-25-18-11-14(12-19(26-2)21(18)27-3)13-20(24)23-10-4-5-17(23)15-6-8-16(22)9-7-15/h6-9,11-12,17H,4-5,10,13H2,1-3H3/t17-/m1/s1. The number of likely N-dealkylation sites (tertiary alicyclic amines) is 1. The molecule has 0 N–H and O–H groups in total. The summed E-state index contributed by atoms with van der Waals surface area (Å²) < 4.78 is 16.1. The van der Waals surface area contributed by atoms with Gasteiger partial charge in [0.15, 0.2) is 11.5 Å². The van der Waals surface area contributed by atoms with Crippen molar-refractivity contribution in [3.8, 4) is 17.2 Å². The van der Waals surface area contributed by atoms with E-state index in [4.69, 9.17) is 25.8 Å². The molecule has 0 saturated carbocycles. The summed E-state index contributed by atoms with van der Waals surface area (Å²) in [4.78, 5) is 15.0. The molecule has 1 heterocycles. The van der Waals surface area contributed by atoms with E-state index in [0.29, 0.717) is 22.3 Å². The molecular weight excluding hydrogens is 366 g/mol. The second kappa shape index (κ2) is 8.53. The van der Waals surface area contributed by atoms with E-state index in [9.17, 15) is 4.79 Å². The van der Waals surface area contributed by atoms with Crippen molar-refractivity contribution in [3.05, 3.63) is 52.5 Å². The van der Waals surface area contributed by atoms with Gasteiger partial charge in [-0.1, -0.05) is 23.7 Å². The highest BCUT2D eigenvalue weighted by atomic mass is 35.5. The van der Waals surface area contributed by atoms with Crippen LogP contribution < -0.4 is 14.2 Å². The molecule has 6 heteroatoms. The molecule has 2 aromatic rings. The van der Waals surface area contributed by atoms with Gasteiger partial charge in [0.25, 0.3) is 0 Å². The van der Waals surface area contributed by atoms with E-state index >= 15 is 0 Å². The zero-order valence-electron chi connectivity index (χ0n) is 15.8. The van der Waals surface area contributed by atoms with E-state index in [1.807, 2.05) is 41.3 Å². The first kappa shape index (κ1) is 19.4. The van der Waals surface area contributed by atoms with Crippen molar-refractivity contribution >= 4 is 17.5 Å². The number of halogens is 1. The molecule has 1 atom stereocenters. The third-order valence-electron chi connectivity index (χ3n) is 4.91. The van der Waals surface area contributed by atoms with E-state index in [2.05, 4.69) is 0 Å². The topological polar surface area (TPSA) is 48.0 Å². The maximum atomic E-state index is 13.0. The van der Waals surface area contributed by atoms with Crippen molar-refractivity contribution in [2.24, 2.45) is 0 Å². The predicted octanol–water partition coefficient (Wildman–Crippen LogP) is 4.27. The number of rotatable bonds is 6. The number of carbonyl (C=O) groups excluding carboxylic acids is 1. The normalized spacial score (nSPS) is 16.3. The van der Waals surface area contributed by atoms with Gasteiger partial charge in [0.05, 0.1) is 33.8 Å². The number of methoxy groups -OCH3 is 3. The molecule has 144 valence electrons. The van der Waals surface area contributed by atoms with Crippen LogP contribution in [0.3, 0.4) is 0 Å². The molecule has 2 aromatic carbocycles. The Morgan fingerprint density at radius 3 is 2.26 bits per heavy atom. The van der Waals surface area contributed by atoms with Crippen LogP contribution in [0.2, 0.25) is 5.02 Å². The minimum absolute atomic E-state index is 0.0849. The van der Waals surface area contributed by atoms with E-state index < -0.39 is 0 Å². The predicted molar refractivity (Wildman–Crippen MR) is 105 cm³/mol. The summed E-state index contributed by atoms with van der Waals surface area (Å²) >= 11 is 5.99. The van der Waals surface area contributed by atoms with Crippen LogP contribution in [0.1, 0.15) is 30.0 Å². The quantitative estimate of drug-likeness (QED) is 0.740. The molecule has 0 spiro atoms. The Labute approximate surface area is 164 Å². The summed E-state index contributed by atoms with van der Waals surface area (Å²) in [5, 5.41) is 0.701. The fraction of sp³-hybridized carbons (Fsp3) is 0.381. The Morgan fingerprint density at radius 1 is 1.07 bits per heavy atom. The largest absolute Gasteiger partial charge is 0.493 e. The van der Waals surface area contributed by atoms with Crippen molar-refractivity contribution < 1.29 is 19.0 Å². The number of hydrogen-bond acceptors (Lipinski definition) is 4. The van der Waals surface area contributed by atoms with Crippen molar-refractivity contribution in [1.82, 2.24) is 4.90 Å². The maximum Gasteiger partial charge on any atom is 0.227 e. The van der Waals surface area contributed by atoms with Gasteiger partial charge < -0.3 is 19.1 Å². The molecule has 1 fully saturated rings. The number of amides is 1. The summed E-state index contributed by atoms with van der Waals surface area (Å²) in [5.41, 5.74) is 1.95. The lowest BCUT2D eigenvalue weighted by molar-refractivity contribution is -0.131. The van der Waals surface area contributed by atoms with Crippen LogP contribution >= 0.6 is 11.6 Å². The highest BCUT2D eigenvalue weighted by Gasteiger charge is 2.30. The third-order valence-corrected chi connectivity index (χ3v) is 5.16. The van der Waals surface area contributed by atoms with Crippen LogP contribution in [0.5, 0.6) is 17.2 Å². The molecule has 5 nitrogen and oxygen atoms in total. The number of carbonyl (C=O) groups is 1. The molecule has 0 bridgehead atoms. The Morgan fingerprint density at radius 2 is 1.70 bits per heavy atom.